The fourth-order valence-corrected chi connectivity index (χ4v) is 4.03. The lowest BCUT2D eigenvalue weighted by Crippen LogP contribution is -2.64. The van der Waals surface area contributed by atoms with Crippen LogP contribution in [0.5, 0.6) is 5.88 Å². The average molecular weight is 477 g/mol. The zero-order valence-electron chi connectivity index (χ0n) is 19.1. The third kappa shape index (κ3) is 4.11. The van der Waals surface area contributed by atoms with Crippen LogP contribution in [0.4, 0.5) is 4.79 Å². The van der Waals surface area contributed by atoms with Gasteiger partial charge < -0.3 is 19.9 Å². The molecular weight excluding hydrogens is 454 g/mol. The maximum absolute atomic E-state index is 12.5. The molecule has 1 N–H and O–H groups in total. The molecule has 0 spiro atoms. The number of fused-ring (bicyclic) bond motifs is 2. The zero-order chi connectivity index (χ0) is 24.5. The number of nitrogens with zero attached hydrogens (tertiary/aromatic N) is 8. The second-order valence-electron chi connectivity index (χ2n) is 8.12. The fraction of sp³-hybridized carbons (Fsp3) is 0.318. The lowest BCUT2D eigenvalue weighted by Gasteiger charge is -2.39. The van der Waals surface area contributed by atoms with Gasteiger partial charge in [-0.05, 0) is 6.07 Å². The standard InChI is InChI=1S/C22H23N9O4/c1-28-20-18(21(33)29(2)22(28)34)30(13-24-20)12-16(32)23-10-11-35-17-9-8-15-25-26-19(31(15)27-17)14-6-4-3-5-7-14/h3-9,13,18,20H,10-12H2,1-2H3,(H,23,32). The number of ether oxygens (including phenoxy) is 1. The Balaban J connectivity index is 1.14. The van der Waals surface area contributed by atoms with Crippen LogP contribution in [0.3, 0.4) is 0 Å². The fourth-order valence-electron chi connectivity index (χ4n) is 4.03. The number of imide groups is 1. The summed E-state index contributed by atoms with van der Waals surface area (Å²) in [5.41, 5.74) is 1.47. The van der Waals surface area contributed by atoms with E-state index in [1.807, 2.05) is 30.3 Å². The van der Waals surface area contributed by atoms with E-state index in [4.69, 9.17) is 4.74 Å². The third-order valence-corrected chi connectivity index (χ3v) is 5.85. The van der Waals surface area contributed by atoms with E-state index in [0.29, 0.717) is 17.4 Å². The number of aliphatic imine (C=N–C) groups is 1. The van der Waals surface area contributed by atoms with E-state index in [1.54, 1.807) is 23.7 Å². The number of benzene rings is 1. The number of likely N-dealkylation sites (N-methyl/N-ethyl adjacent to an activating group) is 2. The van der Waals surface area contributed by atoms with E-state index >= 15 is 0 Å². The molecule has 35 heavy (non-hydrogen) atoms. The van der Waals surface area contributed by atoms with Gasteiger partial charge in [0.05, 0.1) is 19.4 Å². The highest BCUT2D eigenvalue weighted by Gasteiger charge is 2.48. The molecule has 3 aromatic rings. The summed E-state index contributed by atoms with van der Waals surface area (Å²) in [4.78, 5) is 45.3. The van der Waals surface area contributed by atoms with E-state index in [2.05, 4.69) is 25.6 Å². The quantitative estimate of drug-likeness (QED) is 0.464. The van der Waals surface area contributed by atoms with Crippen LogP contribution in [-0.2, 0) is 9.59 Å². The molecule has 5 rings (SSSR count). The number of hydrogen-bond acceptors (Lipinski definition) is 9. The summed E-state index contributed by atoms with van der Waals surface area (Å²) in [5.74, 6) is 0.267. The van der Waals surface area contributed by atoms with Gasteiger partial charge in [0.2, 0.25) is 11.8 Å². The van der Waals surface area contributed by atoms with Crippen molar-refractivity contribution in [2.75, 3.05) is 33.8 Å². The Bertz CT molecular complexity index is 1310. The smallest absolute Gasteiger partial charge is 0.328 e. The Morgan fingerprint density at radius 1 is 1.09 bits per heavy atom. The number of carbonyl (C=O) groups is 3. The molecule has 4 amide bonds. The van der Waals surface area contributed by atoms with Crippen LogP contribution < -0.4 is 10.1 Å². The van der Waals surface area contributed by atoms with Crippen molar-refractivity contribution in [1.29, 1.82) is 0 Å². The van der Waals surface area contributed by atoms with Crippen LogP contribution in [0.1, 0.15) is 0 Å². The van der Waals surface area contributed by atoms with Gasteiger partial charge in [0.15, 0.2) is 23.7 Å². The summed E-state index contributed by atoms with van der Waals surface area (Å²) < 4.78 is 7.29. The molecule has 2 aliphatic rings. The first kappa shape index (κ1) is 22.3. The van der Waals surface area contributed by atoms with Gasteiger partial charge in [0, 0.05) is 25.7 Å². The predicted molar refractivity (Wildman–Crippen MR) is 123 cm³/mol. The van der Waals surface area contributed by atoms with Crippen molar-refractivity contribution < 1.29 is 19.1 Å². The van der Waals surface area contributed by atoms with E-state index in [9.17, 15) is 14.4 Å². The van der Waals surface area contributed by atoms with Crippen molar-refractivity contribution in [3.05, 3.63) is 42.5 Å². The number of urea groups is 1. The van der Waals surface area contributed by atoms with Crippen molar-refractivity contribution in [2.45, 2.75) is 12.2 Å². The van der Waals surface area contributed by atoms with Crippen molar-refractivity contribution in [2.24, 2.45) is 4.99 Å². The third-order valence-electron chi connectivity index (χ3n) is 5.85. The Hall–Kier alpha value is -4.55. The second kappa shape index (κ2) is 9.00. The van der Waals surface area contributed by atoms with Gasteiger partial charge in [0.1, 0.15) is 6.61 Å². The van der Waals surface area contributed by atoms with E-state index in [-0.39, 0.29) is 25.6 Å². The van der Waals surface area contributed by atoms with Crippen molar-refractivity contribution in [3.63, 3.8) is 0 Å². The Kier molecular flexibility index (Phi) is 5.73. The van der Waals surface area contributed by atoms with Gasteiger partial charge in [-0.15, -0.1) is 15.3 Å². The topological polar surface area (TPSA) is 138 Å². The highest BCUT2D eigenvalue weighted by atomic mass is 16.5. The highest BCUT2D eigenvalue weighted by Crippen LogP contribution is 2.24. The minimum absolute atomic E-state index is 0.0718. The molecule has 4 heterocycles. The molecule has 0 bridgehead atoms. The molecular formula is C22H23N9O4. The highest BCUT2D eigenvalue weighted by molar-refractivity contribution is 6.02. The number of carbonyl (C=O) groups excluding carboxylic acids is 3. The van der Waals surface area contributed by atoms with Crippen LogP contribution in [0.15, 0.2) is 47.5 Å². The van der Waals surface area contributed by atoms with Gasteiger partial charge >= 0.3 is 6.03 Å². The van der Waals surface area contributed by atoms with E-state index < -0.39 is 24.1 Å². The van der Waals surface area contributed by atoms with E-state index in [1.165, 1.54) is 23.2 Å². The number of hydrogen-bond donors (Lipinski definition) is 1. The molecule has 2 unspecified atom stereocenters. The molecule has 2 atom stereocenters. The first-order valence-corrected chi connectivity index (χ1v) is 10.9. The molecule has 2 aromatic heterocycles. The normalized spacial score (nSPS) is 19.4. The lowest BCUT2D eigenvalue weighted by atomic mass is 10.1. The van der Waals surface area contributed by atoms with Crippen LogP contribution in [0.2, 0.25) is 0 Å². The van der Waals surface area contributed by atoms with Crippen LogP contribution in [-0.4, -0.2) is 105 Å². The van der Waals surface area contributed by atoms with Gasteiger partial charge in [-0.1, -0.05) is 30.3 Å². The molecule has 1 saturated heterocycles. The van der Waals surface area contributed by atoms with E-state index in [0.717, 1.165) is 10.5 Å². The van der Waals surface area contributed by atoms with Crippen molar-refractivity contribution >= 4 is 29.8 Å². The molecule has 13 nitrogen and oxygen atoms in total. The first-order chi connectivity index (χ1) is 16.9. The number of aromatic nitrogens is 4. The maximum Gasteiger partial charge on any atom is 0.328 e. The summed E-state index contributed by atoms with van der Waals surface area (Å²) >= 11 is 0. The minimum Gasteiger partial charge on any atom is -0.475 e. The van der Waals surface area contributed by atoms with Crippen molar-refractivity contribution in [1.82, 2.24) is 39.8 Å². The van der Waals surface area contributed by atoms with Gasteiger partial charge in [-0.3, -0.25) is 14.5 Å². The molecule has 180 valence electrons. The molecule has 13 heteroatoms. The summed E-state index contributed by atoms with van der Waals surface area (Å²) in [6.45, 7) is 0.349. The number of nitrogens with one attached hydrogen (secondary N) is 1. The minimum atomic E-state index is -0.719. The largest absolute Gasteiger partial charge is 0.475 e. The Labute approximate surface area is 200 Å². The van der Waals surface area contributed by atoms with Gasteiger partial charge in [-0.25, -0.2) is 9.79 Å². The molecule has 2 aliphatic heterocycles. The van der Waals surface area contributed by atoms with Crippen LogP contribution in [0, 0.1) is 0 Å². The van der Waals surface area contributed by atoms with Crippen molar-refractivity contribution in [3.8, 4) is 17.3 Å². The summed E-state index contributed by atoms with van der Waals surface area (Å²) in [6, 6.07) is 11.9. The maximum atomic E-state index is 12.5. The van der Waals surface area contributed by atoms with Crippen LogP contribution in [0.25, 0.3) is 17.0 Å². The van der Waals surface area contributed by atoms with Gasteiger partial charge in [-0.2, -0.15) is 4.52 Å². The summed E-state index contributed by atoms with van der Waals surface area (Å²) in [5, 5.41) is 15.5. The summed E-state index contributed by atoms with van der Waals surface area (Å²) in [7, 11) is 2.99. The number of rotatable bonds is 7. The number of amides is 4. The predicted octanol–water partition coefficient (Wildman–Crippen LogP) is -0.151. The Morgan fingerprint density at radius 3 is 2.69 bits per heavy atom. The molecule has 1 aromatic carbocycles. The average Bonchev–Trinajstić information content (AvgIpc) is 3.49. The Morgan fingerprint density at radius 2 is 1.89 bits per heavy atom. The molecule has 1 fully saturated rings. The summed E-state index contributed by atoms with van der Waals surface area (Å²) in [6.07, 6.45) is 0.802. The lowest BCUT2D eigenvalue weighted by molar-refractivity contribution is -0.136. The zero-order valence-corrected chi connectivity index (χ0v) is 19.1. The first-order valence-electron chi connectivity index (χ1n) is 10.9. The molecule has 0 aliphatic carbocycles. The van der Waals surface area contributed by atoms with Gasteiger partial charge in [0.25, 0.3) is 5.91 Å². The molecule has 0 radical (unpaired) electrons. The second-order valence-corrected chi connectivity index (χ2v) is 8.12. The SMILES string of the molecule is CN1C(=O)C2C(N=CN2CC(=O)NCCOc2ccc3nnc(-c4ccccc4)n3n2)N(C)C1=O. The van der Waals surface area contributed by atoms with Crippen LogP contribution >= 0.6 is 0 Å². The monoisotopic (exact) mass is 477 g/mol. The molecule has 0 saturated carbocycles.